The van der Waals surface area contributed by atoms with Crippen molar-refractivity contribution in [3.63, 3.8) is 0 Å². The maximum Gasteiger partial charge on any atom is 0.262 e. The summed E-state index contributed by atoms with van der Waals surface area (Å²) in [6, 6.07) is 11.1. The van der Waals surface area contributed by atoms with Crippen LogP contribution in [0.15, 0.2) is 48.8 Å². The van der Waals surface area contributed by atoms with E-state index in [0.717, 1.165) is 11.3 Å². The first-order chi connectivity index (χ1) is 8.74. The highest BCUT2D eigenvalue weighted by Crippen LogP contribution is 2.10. The van der Waals surface area contributed by atoms with E-state index < -0.39 is 0 Å². The molecule has 1 heterocycles. The number of rotatable bonds is 4. The Bertz CT molecular complexity index is 526. The molecule has 1 amide bonds. The highest BCUT2D eigenvalue weighted by molar-refractivity contribution is 5.91. The number of nitrogens with zero attached hydrogens (tertiary/aromatic N) is 1. The van der Waals surface area contributed by atoms with Crippen molar-refractivity contribution in [1.29, 1.82) is 0 Å². The number of aromatic nitrogens is 1. The zero-order chi connectivity index (χ0) is 12.8. The largest absolute Gasteiger partial charge is 0.482 e. The standard InChI is InChI=1S/C14H14N2O2/c1-11-4-2-5-12(8-11)16-14(17)10-18-13-6-3-7-15-9-13/h2-9H,10H2,1H3,(H,16,17). The summed E-state index contributed by atoms with van der Waals surface area (Å²) in [5.74, 6) is 0.390. The van der Waals surface area contributed by atoms with Crippen LogP contribution < -0.4 is 10.1 Å². The maximum absolute atomic E-state index is 11.6. The normalized spacial score (nSPS) is 9.83. The number of anilines is 1. The number of nitrogens with one attached hydrogen (secondary N) is 1. The van der Waals surface area contributed by atoms with Crippen LogP contribution in [0.5, 0.6) is 5.75 Å². The zero-order valence-corrected chi connectivity index (χ0v) is 10.1. The lowest BCUT2D eigenvalue weighted by atomic mass is 10.2. The lowest BCUT2D eigenvalue weighted by Crippen LogP contribution is -2.20. The van der Waals surface area contributed by atoms with E-state index in [1.807, 2.05) is 31.2 Å². The van der Waals surface area contributed by atoms with Gasteiger partial charge in [-0.2, -0.15) is 0 Å². The Kier molecular flexibility index (Phi) is 3.91. The van der Waals surface area contributed by atoms with Crippen LogP contribution in [0, 0.1) is 6.92 Å². The van der Waals surface area contributed by atoms with Gasteiger partial charge in [-0.1, -0.05) is 12.1 Å². The number of benzene rings is 1. The van der Waals surface area contributed by atoms with E-state index in [-0.39, 0.29) is 12.5 Å². The smallest absolute Gasteiger partial charge is 0.262 e. The van der Waals surface area contributed by atoms with E-state index in [9.17, 15) is 4.79 Å². The van der Waals surface area contributed by atoms with Crippen LogP contribution in [0.4, 0.5) is 5.69 Å². The highest BCUT2D eigenvalue weighted by atomic mass is 16.5. The molecule has 4 heteroatoms. The Labute approximate surface area is 106 Å². The van der Waals surface area contributed by atoms with Crippen LogP contribution >= 0.6 is 0 Å². The molecule has 0 radical (unpaired) electrons. The molecule has 0 unspecified atom stereocenters. The zero-order valence-electron chi connectivity index (χ0n) is 10.1. The third-order valence-electron chi connectivity index (χ3n) is 2.31. The molecule has 4 nitrogen and oxygen atoms in total. The van der Waals surface area contributed by atoms with Crippen LogP contribution in [0.1, 0.15) is 5.56 Å². The van der Waals surface area contributed by atoms with E-state index in [1.165, 1.54) is 0 Å². The van der Waals surface area contributed by atoms with Crippen LogP contribution in [-0.2, 0) is 4.79 Å². The Morgan fingerprint density at radius 3 is 2.94 bits per heavy atom. The molecule has 0 aliphatic heterocycles. The lowest BCUT2D eigenvalue weighted by molar-refractivity contribution is -0.118. The molecular weight excluding hydrogens is 228 g/mol. The summed E-state index contributed by atoms with van der Waals surface area (Å²) in [6.45, 7) is 1.95. The molecule has 0 saturated carbocycles. The molecule has 0 saturated heterocycles. The van der Waals surface area contributed by atoms with Crippen molar-refractivity contribution < 1.29 is 9.53 Å². The molecule has 92 valence electrons. The van der Waals surface area contributed by atoms with Gasteiger partial charge in [-0.15, -0.1) is 0 Å². The van der Waals surface area contributed by atoms with Gasteiger partial charge in [0.2, 0.25) is 0 Å². The maximum atomic E-state index is 11.6. The minimum atomic E-state index is -0.190. The Balaban J connectivity index is 1.86. The molecule has 2 rings (SSSR count). The van der Waals surface area contributed by atoms with E-state index in [2.05, 4.69) is 10.3 Å². The molecule has 1 aromatic carbocycles. The number of amides is 1. The van der Waals surface area contributed by atoms with Crippen molar-refractivity contribution in [2.24, 2.45) is 0 Å². The molecule has 0 spiro atoms. The summed E-state index contributed by atoms with van der Waals surface area (Å²) in [7, 11) is 0. The molecule has 0 atom stereocenters. The summed E-state index contributed by atoms with van der Waals surface area (Å²) < 4.78 is 5.30. The van der Waals surface area contributed by atoms with E-state index in [4.69, 9.17) is 4.74 Å². The van der Waals surface area contributed by atoms with Gasteiger partial charge in [-0.3, -0.25) is 9.78 Å². The topological polar surface area (TPSA) is 51.2 Å². The number of hydrogen-bond acceptors (Lipinski definition) is 3. The number of carbonyl (C=O) groups excluding carboxylic acids is 1. The predicted octanol–water partition coefficient (Wildman–Crippen LogP) is 2.41. The van der Waals surface area contributed by atoms with E-state index >= 15 is 0 Å². The van der Waals surface area contributed by atoms with Gasteiger partial charge in [0.05, 0.1) is 6.20 Å². The van der Waals surface area contributed by atoms with E-state index in [1.54, 1.807) is 24.5 Å². The van der Waals surface area contributed by atoms with Crippen LogP contribution in [-0.4, -0.2) is 17.5 Å². The quantitative estimate of drug-likeness (QED) is 0.895. The van der Waals surface area contributed by atoms with Gasteiger partial charge in [0.15, 0.2) is 6.61 Å². The Hall–Kier alpha value is -2.36. The van der Waals surface area contributed by atoms with Gasteiger partial charge in [-0.25, -0.2) is 0 Å². The molecule has 1 aromatic heterocycles. The molecule has 18 heavy (non-hydrogen) atoms. The average Bonchev–Trinajstić information content (AvgIpc) is 2.38. The van der Waals surface area contributed by atoms with Crippen LogP contribution in [0.3, 0.4) is 0 Å². The fourth-order valence-corrected chi connectivity index (χ4v) is 1.50. The first-order valence-corrected chi connectivity index (χ1v) is 5.63. The van der Waals surface area contributed by atoms with E-state index in [0.29, 0.717) is 5.75 Å². The predicted molar refractivity (Wildman–Crippen MR) is 69.5 cm³/mol. The van der Waals surface area contributed by atoms with Crippen molar-refractivity contribution in [2.75, 3.05) is 11.9 Å². The van der Waals surface area contributed by atoms with Crippen molar-refractivity contribution in [2.45, 2.75) is 6.92 Å². The number of carbonyl (C=O) groups is 1. The van der Waals surface area contributed by atoms with Gasteiger partial charge in [0.25, 0.3) is 5.91 Å². The summed E-state index contributed by atoms with van der Waals surface area (Å²) >= 11 is 0. The van der Waals surface area contributed by atoms with Gasteiger partial charge >= 0.3 is 0 Å². The Morgan fingerprint density at radius 2 is 2.22 bits per heavy atom. The molecule has 0 bridgehead atoms. The van der Waals surface area contributed by atoms with Gasteiger partial charge in [-0.05, 0) is 36.8 Å². The molecule has 1 N–H and O–H groups in total. The molecule has 2 aromatic rings. The SMILES string of the molecule is Cc1cccc(NC(=O)COc2cccnc2)c1. The molecule has 0 aliphatic carbocycles. The lowest BCUT2D eigenvalue weighted by Gasteiger charge is -2.07. The number of ether oxygens (including phenoxy) is 1. The highest BCUT2D eigenvalue weighted by Gasteiger charge is 2.03. The van der Waals surface area contributed by atoms with Crippen molar-refractivity contribution in [3.05, 3.63) is 54.4 Å². The molecular formula is C14H14N2O2. The van der Waals surface area contributed by atoms with Crippen LogP contribution in [0.2, 0.25) is 0 Å². The van der Waals surface area contributed by atoms with Crippen molar-refractivity contribution >= 4 is 11.6 Å². The minimum Gasteiger partial charge on any atom is -0.482 e. The van der Waals surface area contributed by atoms with Crippen molar-refractivity contribution in [1.82, 2.24) is 4.98 Å². The number of aryl methyl sites for hydroxylation is 1. The average molecular weight is 242 g/mol. The molecule has 0 fully saturated rings. The summed E-state index contributed by atoms with van der Waals surface area (Å²) in [6.07, 6.45) is 3.22. The van der Waals surface area contributed by atoms with Crippen LogP contribution in [0.25, 0.3) is 0 Å². The summed E-state index contributed by atoms with van der Waals surface area (Å²) in [5, 5.41) is 2.77. The molecule has 0 aliphatic rings. The fraction of sp³-hybridized carbons (Fsp3) is 0.143. The number of pyridine rings is 1. The minimum absolute atomic E-state index is 0.0281. The fourth-order valence-electron chi connectivity index (χ4n) is 1.50. The third-order valence-corrected chi connectivity index (χ3v) is 2.31. The van der Waals surface area contributed by atoms with Crippen molar-refractivity contribution in [3.8, 4) is 5.75 Å². The first kappa shape index (κ1) is 12.1. The van der Waals surface area contributed by atoms with Gasteiger partial charge in [0, 0.05) is 11.9 Å². The summed E-state index contributed by atoms with van der Waals surface area (Å²) in [5.41, 5.74) is 1.87. The summed E-state index contributed by atoms with van der Waals surface area (Å²) in [4.78, 5) is 15.5. The second kappa shape index (κ2) is 5.82. The second-order valence-corrected chi connectivity index (χ2v) is 3.90. The first-order valence-electron chi connectivity index (χ1n) is 5.63. The monoisotopic (exact) mass is 242 g/mol. The third kappa shape index (κ3) is 3.59. The Morgan fingerprint density at radius 1 is 1.33 bits per heavy atom. The van der Waals surface area contributed by atoms with Gasteiger partial charge in [0.1, 0.15) is 5.75 Å². The number of hydrogen-bond donors (Lipinski definition) is 1. The second-order valence-electron chi connectivity index (χ2n) is 3.90. The van der Waals surface area contributed by atoms with Gasteiger partial charge < -0.3 is 10.1 Å².